The maximum atomic E-state index is 5.36. The molecule has 6 nitrogen and oxygen atoms in total. The largest absolute Gasteiger partial charge is 0.373 e. The Morgan fingerprint density at radius 3 is 1.78 bits per heavy atom. The van der Waals surface area contributed by atoms with Crippen LogP contribution >= 0.6 is 0 Å². The molecule has 4 saturated heterocycles. The number of hydrogen-bond acceptors (Lipinski definition) is 6. The zero-order valence-electron chi connectivity index (χ0n) is 10.6. The van der Waals surface area contributed by atoms with Gasteiger partial charge in [-0.15, -0.1) is 0 Å². The first-order valence-corrected chi connectivity index (χ1v) is 6.96. The Kier molecular flexibility index (Phi) is 3.02. The molecule has 0 radical (unpaired) electrons. The van der Waals surface area contributed by atoms with Gasteiger partial charge in [0.1, 0.15) is 0 Å². The molecule has 0 aromatic heterocycles. The molecule has 18 heavy (non-hydrogen) atoms. The molecule has 0 amide bonds. The quantitative estimate of drug-likeness (QED) is 0.629. The van der Waals surface area contributed by atoms with Gasteiger partial charge in [-0.25, -0.2) is 10.0 Å². The minimum Gasteiger partial charge on any atom is -0.373 e. The van der Waals surface area contributed by atoms with Crippen molar-refractivity contribution in [1.29, 1.82) is 0 Å². The molecule has 4 fully saturated rings. The Bertz CT molecular complexity index is 251. The number of hydrogen-bond donors (Lipinski definition) is 1. The summed E-state index contributed by atoms with van der Waals surface area (Å²) in [6.07, 6.45) is 2.58. The molecule has 4 aliphatic heterocycles. The zero-order chi connectivity index (χ0) is 11.9. The summed E-state index contributed by atoms with van der Waals surface area (Å²) in [5.74, 6) is 0.691. The van der Waals surface area contributed by atoms with Crippen LogP contribution in [-0.4, -0.2) is 74.3 Å². The Morgan fingerprint density at radius 1 is 0.833 bits per heavy atom. The van der Waals surface area contributed by atoms with Crippen LogP contribution in [-0.2, 0) is 14.2 Å². The van der Waals surface area contributed by atoms with E-state index in [0.717, 1.165) is 46.0 Å². The van der Waals surface area contributed by atoms with E-state index >= 15 is 0 Å². The van der Waals surface area contributed by atoms with Gasteiger partial charge < -0.3 is 14.2 Å². The van der Waals surface area contributed by atoms with Crippen LogP contribution in [0.25, 0.3) is 0 Å². The van der Waals surface area contributed by atoms with E-state index in [2.05, 4.69) is 15.6 Å². The van der Waals surface area contributed by atoms with Crippen LogP contribution < -0.4 is 5.53 Å². The fraction of sp³-hybridized carbons (Fsp3) is 1.00. The second kappa shape index (κ2) is 4.70. The monoisotopic (exact) mass is 255 g/mol. The first-order valence-electron chi connectivity index (χ1n) is 6.96. The van der Waals surface area contributed by atoms with Crippen molar-refractivity contribution in [2.24, 2.45) is 5.92 Å². The third-order valence-corrected chi connectivity index (χ3v) is 3.89. The second-order valence-corrected chi connectivity index (χ2v) is 5.88. The van der Waals surface area contributed by atoms with Gasteiger partial charge in [0, 0.05) is 26.2 Å². The van der Waals surface area contributed by atoms with Crippen molar-refractivity contribution >= 4 is 0 Å². The van der Waals surface area contributed by atoms with E-state index in [1.807, 2.05) is 0 Å². The summed E-state index contributed by atoms with van der Waals surface area (Å²) in [5.41, 5.74) is 3.49. The van der Waals surface area contributed by atoms with Gasteiger partial charge in [0.25, 0.3) is 0 Å². The van der Waals surface area contributed by atoms with Crippen molar-refractivity contribution in [3.8, 4) is 0 Å². The minimum absolute atomic E-state index is 0.437. The SMILES string of the molecule is C1OC1CC1CN(CC2CO2)NN(CC2CO2)C1. The Morgan fingerprint density at radius 2 is 1.33 bits per heavy atom. The molecule has 6 heteroatoms. The Labute approximate surface area is 107 Å². The molecular weight excluding hydrogens is 234 g/mol. The average molecular weight is 255 g/mol. The summed E-state index contributed by atoms with van der Waals surface area (Å²) in [4.78, 5) is 0. The first-order chi connectivity index (χ1) is 8.85. The molecular formula is C12H21N3O3. The third-order valence-electron chi connectivity index (χ3n) is 3.89. The second-order valence-electron chi connectivity index (χ2n) is 5.88. The molecule has 0 aliphatic carbocycles. The molecule has 0 bridgehead atoms. The van der Waals surface area contributed by atoms with Crippen LogP contribution in [0.15, 0.2) is 0 Å². The van der Waals surface area contributed by atoms with E-state index in [1.54, 1.807) is 0 Å². The van der Waals surface area contributed by atoms with E-state index in [0.29, 0.717) is 24.2 Å². The normalized spacial score (nSPS) is 44.0. The van der Waals surface area contributed by atoms with Crippen molar-refractivity contribution in [3.63, 3.8) is 0 Å². The zero-order valence-corrected chi connectivity index (χ0v) is 10.6. The highest BCUT2D eigenvalue weighted by atomic mass is 16.6. The fourth-order valence-corrected chi connectivity index (χ4v) is 2.76. The van der Waals surface area contributed by atoms with E-state index in [9.17, 15) is 0 Å². The molecule has 4 aliphatic rings. The molecule has 3 unspecified atom stereocenters. The molecule has 102 valence electrons. The lowest BCUT2D eigenvalue weighted by Crippen LogP contribution is -2.60. The highest BCUT2D eigenvalue weighted by molar-refractivity contribution is 4.84. The van der Waals surface area contributed by atoms with E-state index in [1.165, 1.54) is 6.42 Å². The first kappa shape index (κ1) is 11.6. The molecule has 0 saturated carbocycles. The summed E-state index contributed by atoms with van der Waals surface area (Å²) < 4.78 is 16.0. The highest BCUT2D eigenvalue weighted by Gasteiger charge is 2.36. The van der Waals surface area contributed by atoms with Crippen LogP contribution in [0, 0.1) is 5.92 Å². The van der Waals surface area contributed by atoms with Gasteiger partial charge in [0.2, 0.25) is 0 Å². The lowest BCUT2D eigenvalue weighted by molar-refractivity contribution is -0.0517. The van der Waals surface area contributed by atoms with Crippen LogP contribution in [0.5, 0.6) is 0 Å². The Balaban J connectivity index is 1.33. The highest BCUT2D eigenvalue weighted by Crippen LogP contribution is 2.24. The molecule has 0 aromatic rings. The summed E-state index contributed by atoms with van der Waals surface area (Å²) in [6, 6.07) is 0. The molecule has 4 rings (SSSR count). The van der Waals surface area contributed by atoms with Gasteiger partial charge in [-0.2, -0.15) is 5.53 Å². The topological polar surface area (TPSA) is 56.1 Å². The maximum absolute atomic E-state index is 5.36. The summed E-state index contributed by atoms with van der Waals surface area (Å²) in [6.45, 7) is 6.97. The number of ether oxygens (including phenoxy) is 3. The maximum Gasteiger partial charge on any atom is 0.0951 e. The Hall–Kier alpha value is -0.240. The lowest BCUT2D eigenvalue weighted by Gasteiger charge is -2.40. The number of epoxide rings is 3. The number of rotatable bonds is 6. The van der Waals surface area contributed by atoms with Gasteiger partial charge in [0.15, 0.2) is 0 Å². The summed E-state index contributed by atoms with van der Waals surface area (Å²) in [5, 5.41) is 4.60. The fourth-order valence-electron chi connectivity index (χ4n) is 2.76. The lowest BCUT2D eigenvalue weighted by atomic mass is 10.0. The predicted molar refractivity (Wildman–Crippen MR) is 63.6 cm³/mol. The molecule has 0 spiro atoms. The summed E-state index contributed by atoms with van der Waals surface area (Å²) >= 11 is 0. The van der Waals surface area contributed by atoms with Crippen LogP contribution in [0.4, 0.5) is 0 Å². The molecule has 3 atom stereocenters. The minimum atomic E-state index is 0.437. The molecule has 0 aromatic carbocycles. The smallest absolute Gasteiger partial charge is 0.0951 e. The van der Waals surface area contributed by atoms with Crippen molar-refractivity contribution < 1.29 is 14.2 Å². The van der Waals surface area contributed by atoms with Gasteiger partial charge in [-0.1, -0.05) is 0 Å². The van der Waals surface area contributed by atoms with Crippen molar-refractivity contribution in [3.05, 3.63) is 0 Å². The van der Waals surface area contributed by atoms with Crippen LogP contribution in [0.1, 0.15) is 6.42 Å². The molecule has 4 heterocycles. The van der Waals surface area contributed by atoms with Gasteiger partial charge >= 0.3 is 0 Å². The van der Waals surface area contributed by atoms with Crippen molar-refractivity contribution in [1.82, 2.24) is 15.6 Å². The summed E-state index contributed by atoms with van der Waals surface area (Å²) in [7, 11) is 0. The average Bonchev–Trinajstić information content (AvgIpc) is 3.17. The van der Waals surface area contributed by atoms with Crippen LogP contribution in [0.3, 0.4) is 0 Å². The number of nitrogens with zero attached hydrogens (tertiary/aromatic N) is 2. The number of hydrazine groups is 2. The third kappa shape index (κ3) is 3.20. The van der Waals surface area contributed by atoms with E-state index in [4.69, 9.17) is 14.2 Å². The van der Waals surface area contributed by atoms with Gasteiger partial charge in [-0.05, 0) is 12.3 Å². The van der Waals surface area contributed by atoms with E-state index < -0.39 is 0 Å². The van der Waals surface area contributed by atoms with Gasteiger partial charge in [-0.3, -0.25) is 0 Å². The molecule has 1 N–H and O–H groups in total. The van der Waals surface area contributed by atoms with Crippen LogP contribution in [0.2, 0.25) is 0 Å². The van der Waals surface area contributed by atoms with Crippen molar-refractivity contribution in [2.45, 2.75) is 24.7 Å². The number of nitrogens with one attached hydrogen (secondary N) is 1. The predicted octanol–water partition coefficient (Wildman–Crippen LogP) is -0.774. The van der Waals surface area contributed by atoms with Gasteiger partial charge in [0.05, 0.1) is 38.1 Å². The standard InChI is InChI=1S/C12H21N3O3/c1(10-6-16-10)9-2-14(4-11-7-17-11)13-15(3-9)5-12-8-18-12/h9-13H,1-8H2. The van der Waals surface area contributed by atoms with Crippen molar-refractivity contribution in [2.75, 3.05) is 46.0 Å². The van der Waals surface area contributed by atoms with E-state index in [-0.39, 0.29) is 0 Å².